The molecule has 0 heterocycles. The highest BCUT2D eigenvalue weighted by Gasteiger charge is 2.12. The number of nitrogens with one attached hydrogen (secondary N) is 1. The molecule has 2 N–H and O–H groups in total. The van der Waals surface area contributed by atoms with E-state index < -0.39 is 5.97 Å². The Kier molecular flexibility index (Phi) is 6.21. The first-order valence-corrected chi connectivity index (χ1v) is 7.81. The van der Waals surface area contributed by atoms with Crippen molar-refractivity contribution >= 4 is 23.5 Å². The summed E-state index contributed by atoms with van der Waals surface area (Å²) in [5, 5.41) is 12.1. The predicted molar refractivity (Wildman–Crippen MR) is 91.3 cm³/mol. The van der Waals surface area contributed by atoms with Crippen molar-refractivity contribution in [1.82, 2.24) is 5.32 Å². The third-order valence-corrected chi connectivity index (χ3v) is 3.74. The van der Waals surface area contributed by atoms with E-state index in [0.29, 0.717) is 16.3 Å². The van der Waals surface area contributed by atoms with Crippen LogP contribution in [0.3, 0.4) is 0 Å². The van der Waals surface area contributed by atoms with Gasteiger partial charge in [-0.3, -0.25) is 9.59 Å². The Bertz CT molecular complexity index is 715. The summed E-state index contributed by atoms with van der Waals surface area (Å²) in [4.78, 5) is 22.6. The van der Waals surface area contributed by atoms with Crippen molar-refractivity contribution in [2.24, 2.45) is 0 Å². The molecule has 0 aliphatic heterocycles. The summed E-state index contributed by atoms with van der Waals surface area (Å²) in [6, 6.07) is 13.7. The molecule has 2 aromatic carbocycles. The molecule has 24 heavy (non-hydrogen) atoms. The minimum Gasteiger partial charge on any atom is -0.484 e. The molecule has 0 aliphatic carbocycles. The maximum atomic E-state index is 12.0. The van der Waals surface area contributed by atoms with Crippen molar-refractivity contribution < 1.29 is 19.4 Å². The molecule has 0 bridgehead atoms. The molecular weight excluding hydrogens is 330 g/mol. The van der Waals surface area contributed by atoms with Crippen molar-refractivity contribution in [3.63, 3.8) is 0 Å². The Labute approximate surface area is 145 Å². The molecule has 1 amide bonds. The maximum Gasteiger partial charge on any atom is 0.307 e. The Morgan fingerprint density at radius 3 is 2.46 bits per heavy atom. The third kappa shape index (κ3) is 5.28. The number of carbonyl (C=O) groups is 2. The smallest absolute Gasteiger partial charge is 0.307 e. The van der Waals surface area contributed by atoms with Crippen LogP contribution in [0.2, 0.25) is 5.02 Å². The number of hydrogen-bond acceptors (Lipinski definition) is 3. The number of amides is 1. The second kappa shape index (κ2) is 8.36. The van der Waals surface area contributed by atoms with E-state index in [2.05, 4.69) is 5.32 Å². The van der Waals surface area contributed by atoms with E-state index in [1.54, 1.807) is 30.3 Å². The largest absolute Gasteiger partial charge is 0.484 e. The van der Waals surface area contributed by atoms with Crippen LogP contribution in [0.4, 0.5) is 0 Å². The van der Waals surface area contributed by atoms with E-state index in [1.807, 2.05) is 25.1 Å². The molecule has 0 aliphatic rings. The highest BCUT2D eigenvalue weighted by Crippen LogP contribution is 2.22. The van der Waals surface area contributed by atoms with Gasteiger partial charge in [-0.1, -0.05) is 41.9 Å². The van der Waals surface area contributed by atoms with Crippen LogP contribution in [-0.4, -0.2) is 23.6 Å². The number of aliphatic carboxylic acids is 1. The molecule has 1 unspecified atom stereocenters. The van der Waals surface area contributed by atoms with Crippen molar-refractivity contribution in [1.29, 1.82) is 0 Å². The summed E-state index contributed by atoms with van der Waals surface area (Å²) in [6.07, 6.45) is -0.0455. The first-order chi connectivity index (χ1) is 11.5. The lowest BCUT2D eigenvalue weighted by molar-refractivity contribution is -0.136. The first kappa shape index (κ1) is 17.8. The number of halogens is 1. The van der Waals surface area contributed by atoms with Gasteiger partial charge in [-0.2, -0.15) is 0 Å². The number of ether oxygens (including phenoxy) is 1. The Morgan fingerprint density at radius 2 is 1.83 bits per heavy atom. The molecular formula is C18H18ClNO4. The monoisotopic (exact) mass is 347 g/mol. The zero-order valence-corrected chi connectivity index (χ0v) is 13.9. The minimum absolute atomic E-state index is 0.0455. The van der Waals surface area contributed by atoms with Gasteiger partial charge >= 0.3 is 5.97 Å². The van der Waals surface area contributed by atoms with Crippen molar-refractivity contribution in [3.05, 3.63) is 64.7 Å². The summed E-state index contributed by atoms with van der Waals surface area (Å²) >= 11 is 6.10. The normalized spacial score (nSPS) is 11.6. The number of carbonyl (C=O) groups excluding carboxylic acids is 1. The fraction of sp³-hybridized carbons (Fsp3) is 0.222. The van der Waals surface area contributed by atoms with Gasteiger partial charge in [0.05, 0.1) is 12.5 Å². The van der Waals surface area contributed by atoms with Crippen LogP contribution in [0, 0.1) is 0 Å². The average Bonchev–Trinajstić information content (AvgIpc) is 2.54. The Morgan fingerprint density at radius 1 is 1.17 bits per heavy atom. The van der Waals surface area contributed by atoms with Crippen molar-refractivity contribution in [2.45, 2.75) is 19.4 Å². The van der Waals surface area contributed by atoms with Crippen molar-refractivity contribution in [3.8, 4) is 5.75 Å². The second-order valence-electron chi connectivity index (χ2n) is 5.31. The van der Waals surface area contributed by atoms with E-state index >= 15 is 0 Å². The second-order valence-corrected chi connectivity index (χ2v) is 5.72. The van der Waals surface area contributed by atoms with Gasteiger partial charge in [0, 0.05) is 5.02 Å². The van der Waals surface area contributed by atoms with Gasteiger partial charge in [-0.15, -0.1) is 0 Å². The maximum absolute atomic E-state index is 12.0. The molecule has 5 nitrogen and oxygen atoms in total. The number of benzene rings is 2. The van der Waals surface area contributed by atoms with E-state index in [4.69, 9.17) is 21.4 Å². The highest BCUT2D eigenvalue weighted by molar-refractivity contribution is 6.31. The molecule has 0 aromatic heterocycles. The quantitative estimate of drug-likeness (QED) is 0.806. The SMILES string of the molecule is CC(NC(=O)COc1ccc(CC(=O)O)cc1)c1ccccc1Cl. The molecule has 0 spiro atoms. The van der Waals surface area contributed by atoms with E-state index in [9.17, 15) is 9.59 Å². The summed E-state index contributed by atoms with van der Waals surface area (Å²) < 4.78 is 5.40. The van der Waals surface area contributed by atoms with Crippen LogP contribution in [0.5, 0.6) is 5.75 Å². The van der Waals surface area contributed by atoms with Crippen LogP contribution in [0.15, 0.2) is 48.5 Å². The van der Waals surface area contributed by atoms with Crippen molar-refractivity contribution in [2.75, 3.05) is 6.61 Å². The molecule has 0 saturated heterocycles. The van der Waals surface area contributed by atoms with Crippen LogP contribution in [0.25, 0.3) is 0 Å². The Hall–Kier alpha value is -2.53. The van der Waals surface area contributed by atoms with E-state index in [1.165, 1.54) is 0 Å². The topological polar surface area (TPSA) is 75.6 Å². The fourth-order valence-corrected chi connectivity index (χ4v) is 2.51. The zero-order chi connectivity index (χ0) is 17.5. The molecule has 0 saturated carbocycles. The average molecular weight is 348 g/mol. The number of rotatable bonds is 7. The third-order valence-electron chi connectivity index (χ3n) is 3.40. The van der Waals surface area contributed by atoms with Gasteiger partial charge in [0.15, 0.2) is 6.61 Å². The number of carboxylic acid groups (broad SMARTS) is 1. The first-order valence-electron chi connectivity index (χ1n) is 7.43. The van der Waals surface area contributed by atoms with Gasteiger partial charge in [-0.05, 0) is 36.2 Å². The number of carboxylic acids is 1. The van der Waals surface area contributed by atoms with Gasteiger partial charge < -0.3 is 15.2 Å². The fourth-order valence-electron chi connectivity index (χ4n) is 2.21. The van der Waals surface area contributed by atoms with Gasteiger partial charge in [-0.25, -0.2) is 0 Å². The Balaban J connectivity index is 1.84. The number of hydrogen-bond donors (Lipinski definition) is 2. The summed E-state index contributed by atoms with van der Waals surface area (Å²) in [7, 11) is 0. The molecule has 0 fully saturated rings. The molecule has 1 atom stereocenters. The van der Waals surface area contributed by atoms with Gasteiger partial charge in [0.25, 0.3) is 5.91 Å². The standard InChI is InChI=1S/C18H18ClNO4/c1-12(15-4-2-3-5-16(15)19)20-17(21)11-24-14-8-6-13(7-9-14)10-18(22)23/h2-9,12H,10-11H2,1H3,(H,20,21)(H,22,23). The molecule has 6 heteroatoms. The molecule has 2 rings (SSSR count). The van der Waals surface area contributed by atoms with Gasteiger partial charge in [0.2, 0.25) is 0 Å². The summed E-state index contributed by atoms with van der Waals surface area (Å²) in [5.74, 6) is -0.654. The molecule has 126 valence electrons. The molecule has 2 aromatic rings. The lowest BCUT2D eigenvalue weighted by Crippen LogP contribution is -2.31. The summed E-state index contributed by atoms with van der Waals surface area (Å²) in [5.41, 5.74) is 1.51. The van der Waals surface area contributed by atoms with Gasteiger partial charge in [0.1, 0.15) is 5.75 Å². The molecule has 0 radical (unpaired) electrons. The lowest BCUT2D eigenvalue weighted by Gasteiger charge is -2.16. The van der Waals surface area contributed by atoms with E-state index in [0.717, 1.165) is 5.56 Å². The van der Waals surface area contributed by atoms with Crippen LogP contribution < -0.4 is 10.1 Å². The summed E-state index contributed by atoms with van der Waals surface area (Å²) in [6.45, 7) is 1.72. The lowest BCUT2D eigenvalue weighted by atomic mass is 10.1. The highest BCUT2D eigenvalue weighted by atomic mass is 35.5. The predicted octanol–water partition coefficient (Wildman–Crippen LogP) is 3.22. The van der Waals surface area contributed by atoms with Crippen LogP contribution >= 0.6 is 11.6 Å². The zero-order valence-electron chi connectivity index (χ0n) is 13.2. The minimum atomic E-state index is -0.892. The van der Waals surface area contributed by atoms with E-state index in [-0.39, 0.29) is 25.0 Å². The van der Waals surface area contributed by atoms with Crippen LogP contribution in [-0.2, 0) is 16.0 Å². The van der Waals surface area contributed by atoms with Crippen LogP contribution in [0.1, 0.15) is 24.1 Å².